The van der Waals surface area contributed by atoms with Crippen molar-refractivity contribution in [1.29, 1.82) is 0 Å². The molecule has 96 valence electrons. The molecule has 0 saturated carbocycles. The molecule has 0 amide bonds. The summed E-state index contributed by atoms with van der Waals surface area (Å²) in [6, 6.07) is 4.44. The topological polar surface area (TPSA) is 29.9 Å². The third kappa shape index (κ3) is 1.83. The van der Waals surface area contributed by atoms with Gasteiger partial charge in [0.15, 0.2) is 0 Å². The van der Waals surface area contributed by atoms with Crippen molar-refractivity contribution < 1.29 is 0 Å². The summed E-state index contributed by atoms with van der Waals surface area (Å²) < 4.78 is 2.29. The van der Waals surface area contributed by atoms with Gasteiger partial charge in [-0.25, -0.2) is 4.98 Å². The van der Waals surface area contributed by atoms with Crippen LogP contribution in [0.5, 0.6) is 0 Å². The predicted molar refractivity (Wildman–Crippen MR) is 75.0 cm³/mol. The molecule has 18 heavy (non-hydrogen) atoms. The molecule has 1 atom stereocenters. The van der Waals surface area contributed by atoms with E-state index in [2.05, 4.69) is 42.9 Å². The maximum Gasteiger partial charge on any atom is 0.114 e. The average Bonchev–Trinajstić information content (AvgIpc) is 2.67. The molecule has 3 heteroatoms. The van der Waals surface area contributed by atoms with Crippen LogP contribution in [-0.4, -0.2) is 22.6 Å². The van der Waals surface area contributed by atoms with Gasteiger partial charge in [0.1, 0.15) is 5.82 Å². The summed E-state index contributed by atoms with van der Waals surface area (Å²) in [4.78, 5) is 4.88. The molecule has 1 aliphatic heterocycles. The first-order chi connectivity index (χ1) is 8.66. The first-order valence-corrected chi connectivity index (χ1v) is 6.81. The van der Waals surface area contributed by atoms with Crippen LogP contribution in [0.15, 0.2) is 12.1 Å². The number of hydrogen-bond acceptors (Lipinski definition) is 2. The van der Waals surface area contributed by atoms with Crippen molar-refractivity contribution in [2.24, 2.45) is 7.05 Å². The van der Waals surface area contributed by atoms with Gasteiger partial charge in [-0.3, -0.25) is 0 Å². The highest BCUT2D eigenvalue weighted by Gasteiger charge is 2.21. The molecule has 0 bridgehead atoms. The van der Waals surface area contributed by atoms with Gasteiger partial charge in [0, 0.05) is 19.5 Å². The molecule has 0 radical (unpaired) electrons. The van der Waals surface area contributed by atoms with Crippen LogP contribution in [-0.2, 0) is 7.05 Å². The van der Waals surface area contributed by atoms with Gasteiger partial charge in [0.2, 0.25) is 0 Å². The van der Waals surface area contributed by atoms with Crippen molar-refractivity contribution in [1.82, 2.24) is 14.9 Å². The van der Waals surface area contributed by atoms with Gasteiger partial charge in [-0.05, 0) is 50.4 Å². The monoisotopic (exact) mass is 243 g/mol. The van der Waals surface area contributed by atoms with Crippen LogP contribution in [0.3, 0.4) is 0 Å². The Kier molecular flexibility index (Phi) is 2.86. The second-order valence-electron chi connectivity index (χ2n) is 5.52. The molecule has 0 aliphatic carbocycles. The second kappa shape index (κ2) is 4.39. The van der Waals surface area contributed by atoms with Crippen molar-refractivity contribution in [3.05, 3.63) is 29.1 Å². The molecule has 2 aromatic rings. The zero-order valence-electron chi connectivity index (χ0n) is 11.5. The van der Waals surface area contributed by atoms with Crippen molar-refractivity contribution in [3.63, 3.8) is 0 Å². The van der Waals surface area contributed by atoms with Gasteiger partial charge >= 0.3 is 0 Å². The number of fused-ring (bicyclic) bond motifs is 1. The molecule has 1 unspecified atom stereocenters. The highest BCUT2D eigenvalue weighted by molar-refractivity contribution is 5.80. The lowest BCUT2D eigenvalue weighted by molar-refractivity contribution is 0.440. The van der Waals surface area contributed by atoms with Crippen LogP contribution >= 0.6 is 0 Å². The number of nitrogens with one attached hydrogen (secondary N) is 1. The number of nitrogens with zero attached hydrogens (tertiary/aromatic N) is 2. The number of hydrogen-bond donors (Lipinski definition) is 1. The van der Waals surface area contributed by atoms with Crippen molar-refractivity contribution in [3.8, 4) is 0 Å². The van der Waals surface area contributed by atoms with E-state index in [1.807, 2.05) is 0 Å². The van der Waals surface area contributed by atoms with Gasteiger partial charge in [0.25, 0.3) is 0 Å². The number of imidazole rings is 1. The minimum absolute atomic E-state index is 0.566. The second-order valence-corrected chi connectivity index (χ2v) is 5.52. The molecule has 1 aromatic heterocycles. The van der Waals surface area contributed by atoms with Crippen LogP contribution < -0.4 is 5.32 Å². The van der Waals surface area contributed by atoms with Gasteiger partial charge < -0.3 is 9.88 Å². The van der Waals surface area contributed by atoms with Gasteiger partial charge in [-0.15, -0.1) is 0 Å². The third-order valence-electron chi connectivity index (χ3n) is 4.00. The number of aromatic nitrogens is 2. The number of benzene rings is 1. The number of rotatable bonds is 1. The van der Waals surface area contributed by atoms with Gasteiger partial charge in [-0.2, -0.15) is 0 Å². The predicted octanol–water partition coefficient (Wildman–Crippen LogP) is 2.66. The Morgan fingerprint density at radius 3 is 2.89 bits per heavy atom. The molecule has 1 saturated heterocycles. The highest BCUT2D eigenvalue weighted by atomic mass is 15.1. The summed E-state index contributed by atoms with van der Waals surface area (Å²) in [7, 11) is 2.15. The van der Waals surface area contributed by atoms with E-state index in [9.17, 15) is 0 Å². The first-order valence-electron chi connectivity index (χ1n) is 6.81. The van der Waals surface area contributed by atoms with E-state index in [4.69, 9.17) is 4.98 Å². The fraction of sp³-hybridized carbons (Fsp3) is 0.533. The standard InChI is InChI=1S/C15H21N3/c1-10-7-11(2)14-13(8-10)17-15(18(14)3)12-5-4-6-16-9-12/h7-8,12,16H,4-6,9H2,1-3H3. The van der Waals surface area contributed by atoms with E-state index in [-0.39, 0.29) is 0 Å². The van der Waals surface area contributed by atoms with Crippen LogP contribution in [0, 0.1) is 13.8 Å². The maximum atomic E-state index is 4.88. The lowest BCUT2D eigenvalue weighted by atomic mass is 9.99. The van der Waals surface area contributed by atoms with E-state index in [0.717, 1.165) is 18.6 Å². The van der Waals surface area contributed by atoms with Crippen LogP contribution in [0.25, 0.3) is 11.0 Å². The van der Waals surface area contributed by atoms with E-state index >= 15 is 0 Å². The van der Waals surface area contributed by atoms with Gasteiger partial charge in [0.05, 0.1) is 11.0 Å². The van der Waals surface area contributed by atoms with E-state index in [1.165, 1.54) is 35.3 Å². The fourth-order valence-corrected chi connectivity index (χ4v) is 3.21. The molecule has 3 rings (SSSR count). The Morgan fingerprint density at radius 2 is 2.17 bits per heavy atom. The van der Waals surface area contributed by atoms with Crippen molar-refractivity contribution in [2.75, 3.05) is 13.1 Å². The zero-order chi connectivity index (χ0) is 12.7. The summed E-state index contributed by atoms with van der Waals surface area (Å²) in [6.45, 7) is 6.54. The molecular weight excluding hydrogens is 222 g/mol. The SMILES string of the molecule is Cc1cc(C)c2c(c1)nc(C1CCCNC1)n2C. The quantitative estimate of drug-likeness (QED) is 0.834. The van der Waals surface area contributed by atoms with Crippen LogP contribution in [0.2, 0.25) is 0 Å². The average molecular weight is 243 g/mol. The minimum Gasteiger partial charge on any atom is -0.331 e. The van der Waals surface area contributed by atoms with Crippen LogP contribution in [0.1, 0.15) is 35.7 Å². The highest BCUT2D eigenvalue weighted by Crippen LogP contribution is 2.28. The Hall–Kier alpha value is -1.35. The van der Waals surface area contributed by atoms with E-state index < -0.39 is 0 Å². The molecule has 1 fully saturated rings. The summed E-state index contributed by atoms with van der Waals surface area (Å²) >= 11 is 0. The zero-order valence-corrected chi connectivity index (χ0v) is 11.5. The van der Waals surface area contributed by atoms with Gasteiger partial charge in [-0.1, -0.05) is 6.07 Å². The van der Waals surface area contributed by atoms with E-state index in [0.29, 0.717) is 5.92 Å². The molecule has 2 heterocycles. The summed E-state index contributed by atoms with van der Waals surface area (Å²) in [5.41, 5.74) is 5.07. The van der Waals surface area contributed by atoms with Crippen LogP contribution in [0.4, 0.5) is 0 Å². The molecule has 1 N–H and O–H groups in total. The van der Waals surface area contributed by atoms with Crippen molar-refractivity contribution in [2.45, 2.75) is 32.6 Å². The molecule has 1 aromatic carbocycles. The normalized spacial score (nSPS) is 20.5. The maximum absolute atomic E-state index is 4.88. The Labute approximate surface area is 108 Å². The van der Waals surface area contributed by atoms with E-state index in [1.54, 1.807) is 0 Å². The molecular formula is C15H21N3. The summed E-state index contributed by atoms with van der Waals surface area (Å²) in [5, 5.41) is 3.48. The molecule has 1 aliphatic rings. The summed E-state index contributed by atoms with van der Waals surface area (Å²) in [6.07, 6.45) is 2.51. The first kappa shape index (κ1) is 11.7. The number of piperidine rings is 1. The third-order valence-corrected chi connectivity index (χ3v) is 4.00. The lowest BCUT2D eigenvalue weighted by Crippen LogP contribution is -2.29. The Balaban J connectivity index is 2.13. The largest absolute Gasteiger partial charge is 0.331 e. The lowest BCUT2D eigenvalue weighted by Gasteiger charge is -2.22. The number of aryl methyl sites for hydroxylation is 3. The minimum atomic E-state index is 0.566. The summed E-state index contributed by atoms with van der Waals surface area (Å²) in [5.74, 6) is 1.81. The molecule has 3 nitrogen and oxygen atoms in total. The van der Waals surface area contributed by atoms with Crippen molar-refractivity contribution >= 4 is 11.0 Å². The Bertz CT molecular complexity index is 577. The Morgan fingerprint density at radius 1 is 1.33 bits per heavy atom. The molecule has 0 spiro atoms. The smallest absolute Gasteiger partial charge is 0.114 e. The fourth-order valence-electron chi connectivity index (χ4n) is 3.21.